The van der Waals surface area contributed by atoms with E-state index in [1.54, 1.807) is 12.1 Å². The molecule has 1 atom stereocenters. The number of carbonyl (C=O) groups excluding carboxylic acids is 2. The number of aliphatic imine (C=N–C) groups is 1. The maximum Gasteiger partial charge on any atom is 0.435 e. The fourth-order valence-electron chi connectivity index (χ4n) is 4.14. The lowest BCUT2D eigenvalue weighted by molar-refractivity contribution is -0.120. The molecule has 2 aromatic rings. The summed E-state index contributed by atoms with van der Waals surface area (Å²) >= 11 is 0. The van der Waals surface area contributed by atoms with Crippen molar-refractivity contribution in [3.05, 3.63) is 71.3 Å². The highest BCUT2D eigenvalue weighted by Crippen LogP contribution is 2.22. The molecule has 1 aliphatic rings. The minimum atomic E-state index is -0.731. The van der Waals surface area contributed by atoms with E-state index in [4.69, 9.17) is 16.2 Å². The number of ketones is 1. The van der Waals surface area contributed by atoms with Gasteiger partial charge >= 0.3 is 6.09 Å². The van der Waals surface area contributed by atoms with Crippen molar-refractivity contribution >= 4 is 17.7 Å². The van der Waals surface area contributed by atoms with Crippen LogP contribution in [0.15, 0.2) is 59.6 Å². The van der Waals surface area contributed by atoms with Crippen molar-refractivity contribution in [2.45, 2.75) is 51.2 Å². The lowest BCUT2D eigenvalue weighted by Gasteiger charge is -2.29. The first-order valence-electron chi connectivity index (χ1n) is 12.0. The summed E-state index contributed by atoms with van der Waals surface area (Å²) in [4.78, 5) is 30.6. The van der Waals surface area contributed by atoms with Gasteiger partial charge in [0.1, 0.15) is 18.2 Å². The summed E-state index contributed by atoms with van der Waals surface area (Å²) in [7, 11) is 2.15. The van der Waals surface area contributed by atoms with Crippen LogP contribution < -0.4 is 11.5 Å². The van der Waals surface area contributed by atoms with Crippen molar-refractivity contribution < 1.29 is 14.3 Å². The molecule has 7 heteroatoms. The molecular weight excluding hydrogens is 428 g/mol. The highest BCUT2D eigenvalue weighted by atomic mass is 16.5. The molecule has 3 rings (SSSR count). The molecule has 4 N–H and O–H groups in total. The Morgan fingerprint density at radius 3 is 2.41 bits per heavy atom. The van der Waals surface area contributed by atoms with Gasteiger partial charge in [0, 0.05) is 12.0 Å². The minimum Gasteiger partial charge on any atom is -0.443 e. The van der Waals surface area contributed by atoms with Crippen molar-refractivity contribution in [1.29, 1.82) is 0 Å². The van der Waals surface area contributed by atoms with Gasteiger partial charge in [-0.1, -0.05) is 54.6 Å². The molecule has 34 heavy (non-hydrogen) atoms. The summed E-state index contributed by atoms with van der Waals surface area (Å²) in [6, 6.07) is 16.4. The lowest BCUT2D eigenvalue weighted by atomic mass is 9.89. The third-order valence-electron chi connectivity index (χ3n) is 6.46. The molecule has 1 heterocycles. The van der Waals surface area contributed by atoms with Crippen LogP contribution in [-0.2, 0) is 22.6 Å². The third kappa shape index (κ3) is 8.39. The van der Waals surface area contributed by atoms with Gasteiger partial charge in [-0.25, -0.2) is 4.79 Å². The SMILES string of the molecule is CN1CCC(CC[C@H](N)C(=O)CCc2ccc(/C(N)=N/C(=O)OCc3ccccc3)cc2)CC1. The summed E-state index contributed by atoms with van der Waals surface area (Å²) < 4.78 is 5.14. The minimum absolute atomic E-state index is 0.0941. The van der Waals surface area contributed by atoms with Crippen LogP contribution in [0.1, 0.15) is 48.8 Å². The van der Waals surface area contributed by atoms with E-state index in [0.29, 0.717) is 24.3 Å². The fraction of sp³-hybridized carbons (Fsp3) is 0.444. The van der Waals surface area contributed by atoms with Gasteiger partial charge in [0.25, 0.3) is 0 Å². The Kier molecular flexibility index (Phi) is 9.79. The number of nitrogens with zero attached hydrogens (tertiary/aromatic N) is 2. The van der Waals surface area contributed by atoms with Crippen molar-refractivity contribution in [3.8, 4) is 0 Å². The van der Waals surface area contributed by atoms with Gasteiger partial charge in [-0.15, -0.1) is 0 Å². The molecule has 0 aromatic heterocycles. The average Bonchev–Trinajstić information content (AvgIpc) is 2.86. The fourth-order valence-corrected chi connectivity index (χ4v) is 4.14. The molecule has 1 aliphatic heterocycles. The van der Waals surface area contributed by atoms with Crippen molar-refractivity contribution in [1.82, 2.24) is 4.90 Å². The molecule has 0 spiro atoms. The number of amides is 1. The molecule has 2 aromatic carbocycles. The molecule has 0 unspecified atom stereocenters. The van der Waals surface area contributed by atoms with Crippen LogP contribution in [0.5, 0.6) is 0 Å². The third-order valence-corrected chi connectivity index (χ3v) is 6.46. The molecule has 7 nitrogen and oxygen atoms in total. The summed E-state index contributed by atoms with van der Waals surface area (Å²) in [6.45, 7) is 2.41. The Bertz CT molecular complexity index is 952. The standard InChI is InChI=1S/C27H36N4O3/c1-31-17-15-21(16-18-31)9-13-24(28)25(32)14-10-20-7-11-23(12-8-20)26(29)30-27(33)34-19-22-5-3-2-4-6-22/h2-8,11-12,21,24H,9-10,13-19,28H2,1H3,(H2,29,30,33)/t24-/m0/s1. The number of Topliss-reactive ketones (excluding diaryl/α,β-unsaturated/α-hetero) is 1. The molecule has 0 bridgehead atoms. The number of likely N-dealkylation sites (tertiary alicyclic amines) is 1. The van der Waals surface area contributed by atoms with E-state index in [9.17, 15) is 9.59 Å². The monoisotopic (exact) mass is 464 g/mol. The van der Waals surface area contributed by atoms with E-state index in [1.165, 1.54) is 12.8 Å². The summed E-state index contributed by atoms with van der Waals surface area (Å²) in [5, 5.41) is 0. The Morgan fingerprint density at radius 2 is 1.74 bits per heavy atom. The molecule has 0 radical (unpaired) electrons. The van der Waals surface area contributed by atoms with Gasteiger partial charge in [-0.2, -0.15) is 4.99 Å². The second-order valence-corrected chi connectivity index (χ2v) is 9.13. The number of benzene rings is 2. The second-order valence-electron chi connectivity index (χ2n) is 9.13. The quantitative estimate of drug-likeness (QED) is 0.410. The van der Waals surface area contributed by atoms with Gasteiger partial charge in [0.15, 0.2) is 0 Å². The molecule has 0 saturated carbocycles. The molecule has 1 amide bonds. The van der Waals surface area contributed by atoms with Crippen LogP contribution in [0, 0.1) is 5.92 Å². The number of hydrogen-bond acceptors (Lipinski definition) is 5. The number of nitrogens with two attached hydrogens (primary N) is 2. The number of carbonyl (C=O) groups is 2. The van der Waals surface area contributed by atoms with Crippen LogP contribution in [0.25, 0.3) is 0 Å². The smallest absolute Gasteiger partial charge is 0.435 e. The summed E-state index contributed by atoms with van der Waals surface area (Å²) in [6.07, 6.45) is 4.49. The zero-order valence-electron chi connectivity index (χ0n) is 20.0. The van der Waals surface area contributed by atoms with Gasteiger partial charge in [0.2, 0.25) is 0 Å². The zero-order valence-corrected chi connectivity index (χ0v) is 20.0. The lowest BCUT2D eigenvalue weighted by Crippen LogP contribution is -2.33. The largest absolute Gasteiger partial charge is 0.443 e. The van der Waals surface area contributed by atoms with E-state index in [-0.39, 0.29) is 24.3 Å². The van der Waals surface area contributed by atoms with E-state index >= 15 is 0 Å². The first-order chi connectivity index (χ1) is 16.4. The number of ether oxygens (including phenoxy) is 1. The highest BCUT2D eigenvalue weighted by molar-refractivity contribution is 6.02. The van der Waals surface area contributed by atoms with Crippen molar-refractivity contribution in [2.75, 3.05) is 20.1 Å². The van der Waals surface area contributed by atoms with Gasteiger partial charge in [0.05, 0.1) is 6.04 Å². The molecule has 0 aliphatic carbocycles. The Hall–Kier alpha value is -3.03. The summed E-state index contributed by atoms with van der Waals surface area (Å²) in [5.41, 5.74) is 14.6. The van der Waals surface area contributed by atoms with Crippen molar-refractivity contribution in [3.63, 3.8) is 0 Å². The predicted octanol–water partition coefficient (Wildman–Crippen LogP) is 3.68. The van der Waals surface area contributed by atoms with Gasteiger partial charge < -0.3 is 21.1 Å². The first-order valence-corrected chi connectivity index (χ1v) is 12.0. The van der Waals surface area contributed by atoms with E-state index in [2.05, 4.69) is 16.9 Å². The van der Waals surface area contributed by atoms with E-state index < -0.39 is 6.09 Å². The maximum atomic E-state index is 12.5. The van der Waals surface area contributed by atoms with Crippen LogP contribution in [0.4, 0.5) is 4.79 Å². The number of hydrogen-bond donors (Lipinski definition) is 2. The zero-order chi connectivity index (χ0) is 24.3. The molecule has 1 fully saturated rings. The predicted molar refractivity (Wildman–Crippen MR) is 135 cm³/mol. The molecular formula is C27H36N4O3. The Balaban J connectivity index is 1.40. The van der Waals surface area contributed by atoms with Crippen molar-refractivity contribution in [2.24, 2.45) is 22.4 Å². The van der Waals surface area contributed by atoms with Crippen LogP contribution in [0.2, 0.25) is 0 Å². The normalized spacial score (nSPS) is 16.2. The van der Waals surface area contributed by atoms with E-state index in [0.717, 1.165) is 37.1 Å². The number of aryl methyl sites for hydroxylation is 1. The maximum absolute atomic E-state index is 12.5. The number of rotatable bonds is 10. The molecule has 1 saturated heterocycles. The first kappa shape index (κ1) is 25.6. The molecule has 182 valence electrons. The highest BCUT2D eigenvalue weighted by Gasteiger charge is 2.20. The van der Waals surface area contributed by atoms with Gasteiger partial charge in [-0.05, 0) is 69.3 Å². The number of piperidine rings is 1. The second kappa shape index (κ2) is 13.0. The average molecular weight is 465 g/mol. The van der Waals surface area contributed by atoms with Crippen LogP contribution in [-0.4, -0.2) is 48.8 Å². The van der Waals surface area contributed by atoms with Crippen LogP contribution in [0.3, 0.4) is 0 Å². The summed E-state index contributed by atoms with van der Waals surface area (Å²) in [5.74, 6) is 0.890. The van der Waals surface area contributed by atoms with E-state index in [1.807, 2.05) is 42.5 Å². The Labute approximate surface area is 202 Å². The number of amidine groups is 1. The Morgan fingerprint density at radius 1 is 1.06 bits per heavy atom. The van der Waals surface area contributed by atoms with Crippen LogP contribution >= 0.6 is 0 Å². The van der Waals surface area contributed by atoms with Gasteiger partial charge in [-0.3, -0.25) is 4.79 Å². The topological polar surface area (TPSA) is 111 Å².